The van der Waals surface area contributed by atoms with Gasteiger partial charge in [0.15, 0.2) is 0 Å². The molecule has 1 aromatic carbocycles. The quantitative estimate of drug-likeness (QED) is 0.600. The van der Waals surface area contributed by atoms with E-state index < -0.39 is 0 Å². The van der Waals surface area contributed by atoms with E-state index in [0.29, 0.717) is 23.0 Å². The van der Waals surface area contributed by atoms with Gasteiger partial charge in [-0.25, -0.2) is 0 Å². The molecule has 0 heterocycles. The minimum absolute atomic E-state index is 0.0532. The minimum Gasteiger partial charge on any atom is -0.340 e. The van der Waals surface area contributed by atoms with Crippen LogP contribution in [0.2, 0.25) is 5.02 Å². The second-order valence-corrected chi connectivity index (χ2v) is 5.02. The van der Waals surface area contributed by atoms with Crippen molar-refractivity contribution >= 4 is 51.7 Å². The van der Waals surface area contributed by atoms with Crippen molar-refractivity contribution in [1.82, 2.24) is 4.90 Å². The maximum atomic E-state index is 11.9. The normalized spacial score (nSPS) is 10.1. The first kappa shape index (κ1) is 13.1. The van der Waals surface area contributed by atoms with E-state index in [9.17, 15) is 4.79 Å². The standard InChI is InChI=1S/C10H10Cl2INO/c1-14(5-4-11)10(15)8-6-7(12)2-3-9(8)13/h2-3,6H,4-5H2,1H3. The molecule has 5 heteroatoms. The maximum Gasteiger partial charge on any atom is 0.254 e. The zero-order valence-electron chi connectivity index (χ0n) is 8.14. The third-order valence-electron chi connectivity index (χ3n) is 1.93. The van der Waals surface area contributed by atoms with Gasteiger partial charge in [0.1, 0.15) is 0 Å². The Balaban J connectivity index is 2.95. The lowest BCUT2D eigenvalue weighted by Crippen LogP contribution is -2.29. The van der Waals surface area contributed by atoms with Crippen LogP contribution < -0.4 is 0 Å². The van der Waals surface area contributed by atoms with Crippen molar-refractivity contribution in [1.29, 1.82) is 0 Å². The van der Waals surface area contributed by atoms with E-state index in [1.54, 1.807) is 24.1 Å². The Labute approximate surface area is 113 Å². The number of hydrogen-bond donors (Lipinski definition) is 0. The number of rotatable bonds is 3. The number of halogens is 3. The number of benzene rings is 1. The molecule has 1 rings (SSSR count). The van der Waals surface area contributed by atoms with Crippen LogP contribution in [0.4, 0.5) is 0 Å². The SMILES string of the molecule is CN(CCCl)C(=O)c1cc(Cl)ccc1I. The molecule has 0 aliphatic rings. The Hall–Kier alpha value is -0.000000000000000111. The van der Waals surface area contributed by atoms with Gasteiger partial charge in [0, 0.05) is 28.1 Å². The average molecular weight is 358 g/mol. The van der Waals surface area contributed by atoms with Crippen molar-refractivity contribution in [3.05, 3.63) is 32.4 Å². The van der Waals surface area contributed by atoms with Crippen molar-refractivity contribution < 1.29 is 4.79 Å². The van der Waals surface area contributed by atoms with Crippen LogP contribution in [-0.2, 0) is 0 Å². The van der Waals surface area contributed by atoms with Crippen molar-refractivity contribution in [2.24, 2.45) is 0 Å². The first-order valence-electron chi connectivity index (χ1n) is 4.32. The van der Waals surface area contributed by atoms with Crippen LogP contribution in [0, 0.1) is 3.57 Å². The minimum atomic E-state index is -0.0532. The highest BCUT2D eigenvalue weighted by molar-refractivity contribution is 14.1. The lowest BCUT2D eigenvalue weighted by Gasteiger charge is -2.16. The van der Waals surface area contributed by atoms with Gasteiger partial charge in [0.2, 0.25) is 0 Å². The second kappa shape index (κ2) is 5.92. The van der Waals surface area contributed by atoms with Crippen LogP contribution >= 0.6 is 45.8 Å². The molecular weight excluding hydrogens is 348 g/mol. The molecule has 0 radical (unpaired) electrons. The summed E-state index contributed by atoms with van der Waals surface area (Å²) in [5, 5.41) is 0.568. The predicted molar refractivity (Wildman–Crippen MR) is 71.8 cm³/mol. The second-order valence-electron chi connectivity index (χ2n) is 3.04. The molecule has 0 N–H and O–H groups in total. The van der Waals surface area contributed by atoms with E-state index in [1.165, 1.54) is 0 Å². The first-order valence-corrected chi connectivity index (χ1v) is 6.32. The highest BCUT2D eigenvalue weighted by Crippen LogP contribution is 2.19. The van der Waals surface area contributed by atoms with Gasteiger partial charge < -0.3 is 4.90 Å². The van der Waals surface area contributed by atoms with Gasteiger partial charge in [-0.3, -0.25) is 4.79 Å². The van der Waals surface area contributed by atoms with E-state index in [0.717, 1.165) is 3.57 Å². The summed E-state index contributed by atoms with van der Waals surface area (Å²) in [7, 11) is 1.72. The molecule has 0 unspecified atom stereocenters. The Morgan fingerprint density at radius 1 is 1.53 bits per heavy atom. The molecule has 1 aromatic rings. The van der Waals surface area contributed by atoms with Gasteiger partial charge in [0.05, 0.1) is 5.56 Å². The summed E-state index contributed by atoms with van der Waals surface area (Å²) in [5.74, 6) is 0.377. The fourth-order valence-corrected chi connectivity index (χ4v) is 2.09. The lowest BCUT2D eigenvalue weighted by molar-refractivity contribution is 0.0802. The maximum absolute atomic E-state index is 11.9. The third-order valence-corrected chi connectivity index (χ3v) is 3.27. The van der Waals surface area contributed by atoms with Crippen LogP contribution in [0.25, 0.3) is 0 Å². The molecule has 0 saturated carbocycles. The number of nitrogens with zero attached hydrogens (tertiary/aromatic N) is 1. The third kappa shape index (κ3) is 3.50. The lowest BCUT2D eigenvalue weighted by atomic mass is 10.2. The molecule has 15 heavy (non-hydrogen) atoms. The predicted octanol–water partition coefficient (Wildman–Crippen LogP) is 3.26. The molecule has 0 fully saturated rings. The number of amides is 1. The van der Waals surface area contributed by atoms with E-state index in [-0.39, 0.29) is 5.91 Å². The smallest absolute Gasteiger partial charge is 0.254 e. The summed E-state index contributed by atoms with van der Waals surface area (Å²) in [6, 6.07) is 5.27. The molecule has 0 bridgehead atoms. The van der Waals surface area contributed by atoms with Gasteiger partial charge in [-0.2, -0.15) is 0 Å². The highest BCUT2D eigenvalue weighted by atomic mass is 127. The molecule has 0 atom stereocenters. The van der Waals surface area contributed by atoms with Gasteiger partial charge >= 0.3 is 0 Å². The Morgan fingerprint density at radius 3 is 2.80 bits per heavy atom. The summed E-state index contributed by atoms with van der Waals surface area (Å²) in [6.07, 6.45) is 0. The molecule has 0 aliphatic heterocycles. The van der Waals surface area contributed by atoms with E-state index in [2.05, 4.69) is 22.6 Å². The summed E-state index contributed by atoms with van der Waals surface area (Å²) in [6.45, 7) is 0.531. The summed E-state index contributed by atoms with van der Waals surface area (Å²) < 4.78 is 0.892. The van der Waals surface area contributed by atoms with Crippen LogP contribution in [-0.4, -0.2) is 30.3 Å². The fraction of sp³-hybridized carbons (Fsp3) is 0.300. The summed E-state index contributed by atoms with van der Waals surface area (Å²) >= 11 is 13.5. The van der Waals surface area contributed by atoms with Gasteiger partial charge in [-0.15, -0.1) is 11.6 Å². The topological polar surface area (TPSA) is 20.3 Å². The van der Waals surface area contributed by atoms with Gasteiger partial charge in [0.25, 0.3) is 5.91 Å². The van der Waals surface area contributed by atoms with Crippen molar-refractivity contribution in [3.8, 4) is 0 Å². The van der Waals surface area contributed by atoms with Crippen LogP contribution in [0.1, 0.15) is 10.4 Å². The highest BCUT2D eigenvalue weighted by Gasteiger charge is 2.14. The Kier molecular flexibility index (Phi) is 5.15. The largest absolute Gasteiger partial charge is 0.340 e. The van der Waals surface area contributed by atoms with E-state index in [4.69, 9.17) is 23.2 Å². The molecule has 2 nitrogen and oxygen atoms in total. The van der Waals surface area contributed by atoms with E-state index in [1.807, 2.05) is 6.07 Å². The summed E-state index contributed by atoms with van der Waals surface area (Å²) in [5.41, 5.74) is 0.621. The molecule has 0 saturated heterocycles. The van der Waals surface area contributed by atoms with Gasteiger partial charge in [-0.05, 0) is 40.8 Å². The molecule has 0 aliphatic carbocycles. The zero-order chi connectivity index (χ0) is 11.4. The van der Waals surface area contributed by atoms with Gasteiger partial charge in [-0.1, -0.05) is 11.6 Å². The zero-order valence-corrected chi connectivity index (χ0v) is 11.8. The average Bonchev–Trinajstić information content (AvgIpc) is 2.21. The summed E-state index contributed by atoms with van der Waals surface area (Å²) in [4.78, 5) is 13.5. The van der Waals surface area contributed by atoms with Crippen LogP contribution in [0.15, 0.2) is 18.2 Å². The number of alkyl halides is 1. The van der Waals surface area contributed by atoms with Crippen LogP contribution in [0.5, 0.6) is 0 Å². The van der Waals surface area contributed by atoms with Crippen LogP contribution in [0.3, 0.4) is 0 Å². The Morgan fingerprint density at radius 2 is 2.20 bits per heavy atom. The Bertz CT molecular complexity index is 370. The molecule has 82 valence electrons. The molecular formula is C10H10Cl2INO. The molecule has 1 amide bonds. The van der Waals surface area contributed by atoms with Crippen molar-refractivity contribution in [2.75, 3.05) is 19.5 Å². The van der Waals surface area contributed by atoms with Crippen molar-refractivity contribution in [3.63, 3.8) is 0 Å². The number of hydrogen-bond acceptors (Lipinski definition) is 1. The number of carbonyl (C=O) groups excluding carboxylic acids is 1. The monoisotopic (exact) mass is 357 g/mol. The van der Waals surface area contributed by atoms with Crippen molar-refractivity contribution in [2.45, 2.75) is 0 Å². The van der Waals surface area contributed by atoms with E-state index >= 15 is 0 Å². The molecule has 0 aromatic heterocycles. The molecule has 0 spiro atoms. The number of carbonyl (C=O) groups is 1. The fourth-order valence-electron chi connectivity index (χ4n) is 1.10. The first-order chi connectivity index (χ1) is 7.06.